The van der Waals surface area contributed by atoms with Crippen molar-refractivity contribution in [2.75, 3.05) is 19.8 Å². The van der Waals surface area contributed by atoms with Crippen molar-refractivity contribution >= 4 is 0 Å². The lowest BCUT2D eigenvalue weighted by molar-refractivity contribution is 0.0698. The molecule has 0 saturated carbocycles. The van der Waals surface area contributed by atoms with Gasteiger partial charge in [-0.25, -0.2) is 0 Å². The van der Waals surface area contributed by atoms with Crippen molar-refractivity contribution in [3.8, 4) is 0 Å². The van der Waals surface area contributed by atoms with Crippen LogP contribution in [0, 0.1) is 0 Å². The fraction of sp³-hybridized carbons (Fsp3) is 1.00. The molecule has 0 aromatic heterocycles. The Hall–Kier alpha value is -0.160. The zero-order valence-electron chi connectivity index (χ0n) is 6.54. The molecule has 0 aliphatic carbocycles. The fourth-order valence-electron chi connectivity index (χ4n) is 0.150. The minimum atomic E-state index is -1.21. The van der Waals surface area contributed by atoms with Crippen LogP contribution in [-0.4, -0.2) is 40.7 Å². The summed E-state index contributed by atoms with van der Waals surface area (Å²) in [5, 5.41) is 25.0. The first-order valence-electron chi connectivity index (χ1n) is 3.30. The van der Waals surface area contributed by atoms with Gasteiger partial charge in [0.1, 0.15) is 0 Å². The van der Waals surface area contributed by atoms with Gasteiger partial charge >= 0.3 is 0 Å². The highest BCUT2D eigenvalue weighted by molar-refractivity contribution is 4.80. The number of hydrogen-bond acceptors (Lipinski definition) is 4. The average molecular weight is 151 g/mol. The summed E-state index contributed by atoms with van der Waals surface area (Å²) in [5.41, 5.74) is 3.94. The van der Waals surface area contributed by atoms with Gasteiger partial charge in [0, 0.05) is 0 Å². The van der Waals surface area contributed by atoms with Gasteiger partial charge in [-0.05, 0) is 0 Å². The average Bonchev–Trinajstić information content (AvgIpc) is 2.07. The van der Waals surface area contributed by atoms with E-state index in [4.69, 9.17) is 21.1 Å². The van der Waals surface area contributed by atoms with E-state index in [1.54, 1.807) is 0 Å². The van der Waals surface area contributed by atoms with Gasteiger partial charge in [0.05, 0.1) is 25.4 Å². The molecule has 0 aromatic rings. The minimum Gasteiger partial charge on any atom is -0.394 e. The first-order chi connectivity index (χ1) is 4.68. The van der Waals surface area contributed by atoms with Crippen molar-refractivity contribution in [1.82, 2.24) is 0 Å². The fourth-order valence-corrected chi connectivity index (χ4v) is 0.150. The van der Waals surface area contributed by atoms with E-state index < -0.39 is 25.4 Å². The van der Waals surface area contributed by atoms with Crippen molar-refractivity contribution in [3.63, 3.8) is 0 Å². The number of aliphatic hydroxyl groups is 3. The first kappa shape index (κ1) is 12.5. The number of aliphatic hydroxyl groups excluding tert-OH is 3. The summed E-state index contributed by atoms with van der Waals surface area (Å²) in [6.07, 6.45) is 0. The number of hydrogen-bond donors (Lipinski definition) is 4. The Kier molecular flexibility index (Phi) is 8.70. The summed E-state index contributed by atoms with van der Waals surface area (Å²) in [4.78, 5) is 0. The summed E-state index contributed by atoms with van der Waals surface area (Å²) < 4.78 is 0. The molecule has 4 heteroatoms. The van der Waals surface area contributed by atoms with Crippen molar-refractivity contribution in [1.29, 1.82) is 0 Å². The van der Waals surface area contributed by atoms with Crippen LogP contribution in [0.3, 0.4) is 0 Å². The Morgan fingerprint density at radius 2 is 1.20 bits per heavy atom. The highest BCUT2D eigenvalue weighted by atomic mass is 16.3. The van der Waals surface area contributed by atoms with Gasteiger partial charge in [-0.1, -0.05) is 13.8 Å². The molecule has 0 amide bonds. The minimum absolute atomic E-state index is 0.403. The molecule has 0 radical (unpaired) electrons. The van der Waals surface area contributed by atoms with E-state index in [-0.39, 0.29) is 0 Å². The summed E-state index contributed by atoms with van der Waals surface area (Å²) in [6.45, 7) is 2.79. The van der Waals surface area contributed by atoms with E-state index >= 15 is 0 Å². The van der Waals surface area contributed by atoms with Crippen LogP contribution < -0.4 is 5.73 Å². The van der Waals surface area contributed by atoms with Crippen LogP contribution in [0.15, 0.2) is 0 Å². The lowest BCUT2D eigenvalue weighted by Crippen LogP contribution is -2.50. The third kappa shape index (κ3) is 4.69. The zero-order chi connectivity index (χ0) is 8.62. The Balaban J connectivity index is 0. The molecule has 5 N–H and O–H groups in total. The van der Waals surface area contributed by atoms with E-state index in [9.17, 15) is 0 Å². The Labute approximate surface area is 61.3 Å². The zero-order valence-corrected chi connectivity index (χ0v) is 6.54. The van der Waals surface area contributed by atoms with Crippen LogP contribution in [0.25, 0.3) is 0 Å². The molecular formula is C6H17NO3. The standard InChI is InChI=1S/C4H11NO3.C2H6/c5-4(1-6,2-7)3-8;1-2/h6-8H,1-3,5H2;1-2H3. The molecular weight excluding hydrogens is 134 g/mol. The maximum Gasteiger partial charge on any atom is 0.0856 e. The molecule has 0 aliphatic heterocycles. The third-order valence-corrected chi connectivity index (χ3v) is 0.945. The summed E-state index contributed by atoms with van der Waals surface area (Å²) >= 11 is 0. The summed E-state index contributed by atoms with van der Waals surface area (Å²) in [7, 11) is 0. The lowest BCUT2D eigenvalue weighted by Gasteiger charge is -2.20. The lowest BCUT2D eigenvalue weighted by atomic mass is 10.1. The maximum absolute atomic E-state index is 8.34. The quantitative estimate of drug-likeness (QED) is 0.403. The van der Waals surface area contributed by atoms with Gasteiger partial charge in [-0.3, -0.25) is 0 Å². The molecule has 0 unspecified atom stereocenters. The van der Waals surface area contributed by atoms with Gasteiger partial charge in [-0.2, -0.15) is 0 Å². The highest BCUT2D eigenvalue weighted by Gasteiger charge is 2.20. The normalized spacial score (nSPS) is 10.2. The molecule has 4 nitrogen and oxygen atoms in total. The van der Waals surface area contributed by atoms with Gasteiger partial charge < -0.3 is 21.1 Å². The second-order valence-corrected chi connectivity index (χ2v) is 1.84. The molecule has 0 aromatic carbocycles. The van der Waals surface area contributed by atoms with Gasteiger partial charge in [0.25, 0.3) is 0 Å². The molecule has 10 heavy (non-hydrogen) atoms. The van der Waals surface area contributed by atoms with E-state index in [0.717, 1.165) is 0 Å². The first-order valence-corrected chi connectivity index (χ1v) is 3.30. The predicted molar refractivity (Wildman–Crippen MR) is 39.5 cm³/mol. The third-order valence-electron chi connectivity index (χ3n) is 0.945. The van der Waals surface area contributed by atoms with Crippen LogP contribution in [-0.2, 0) is 0 Å². The summed E-state index contributed by atoms with van der Waals surface area (Å²) in [5.74, 6) is 0. The van der Waals surface area contributed by atoms with Gasteiger partial charge in [-0.15, -0.1) is 0 Å². The van der Waals surface area contributed by atoms with E-state index in [1.165, 1.54) is 0 Å². The van der Waals surface area contributed by atoms with Crippen molar-refractivity contribution in [3.05, 3.63) is 0 Å². The Bertz CT molecular complexity index is 55.7. The highest BCUT2D eigenvalue weighted by Crippen LogP contribution is 1.93. The van der Waals surface area contributed by atoms with Gasteiger partial charge in [0.2, 0.25) is 0 Å². The van der Waals surface area contributed by atoms with E-state index in [1.807, 2.05) is 13.8 Å². The van der Waals surface area contributed by atoms with Crippen LogP contribution in [0.1, 0.15) is 13.8 Å². The molecule has 0 fully saturated rings. The molecule has 64 valence electrons. The van der Waals surface area contributed by atoms with Crippen LogP contribution in [0.4, 0.5) is 0 Å². The SMILES string of the molecule is CC.NC(CO)(CO)CO. The molecule has 0 atom stereocenters. The molecule has 0 rings (SSSR count). The topological polar surface area (TPSA) is 86.7 Å². The summed E-state index contributed by atoms with van der Waals surface area (Å²) in [6, 6.07) is 0. The van der Waals surface area contributed by atoms with Crippen LogP contribution in [0.5, 0.6) is 0 Å². The predicted octanol–water partition coefficient (Wildman–Crippen LogP) is -1.31. The molecule has 0 saturated heterocycles. The monoisotopic (exact) mass is 151 g/mol. The largest absolute Gasteiger partial charge is 0.394 e. The van der Waals surface area contributed by atoms with Crippen molar-refractivity contribution < 1.29 is 15.3 Å². The molecule has 0 spiro atoms. The molecule has 0 heterocycles. The van der Waals surface area contributed by atoms with Crippen molar-refractivity contribution in [2.45, 2.75) is 19.4 Å². The van der Waals surface area contributed by atoms with E-state index in [0.29, 0.717) is 0 Å². The molecule has 0 bridgehead atoms. The maximum atomic E-state index is 8.34. The number of rotatable bonds is 3. The molecule has 0 aliphatic rings. The number of nitrogens with two attached hydrogens (primary N) is 1. The van der Waals surface area contributed by atoms with Crippen LogP contribution in [0.2, 0.25) is 0 Å². The van der Waals surface area contributed by atoms with Crippen LogP contribution >= 0.6 is 0 Å². The second kappa shape index (κ2) is 6.95. The van der Waals surface area contributed by atoms with E-state index in [2.05, 4.69) is 0 Å². The smallest absolute Gasteiger partial charge is 0.0856 e. The Morgan fingerprint density at radius 3 is 1.20 bits per heavy atom. The second-order valence-electron chi connectivity index (χ2n) is 1.84. The Morgan fingerprint density at radius 1 is 1.00 bits per heavy atom. The van der Waals surface area contributed by atoms with Gasteiger partial charge in [0.15, 0.2) is 0 Å². The van der Waals surface area contributed by atoms with Crippen molar-refractivity contribution in [2.24, 2.45) is 5.73 Å².